The number of hydrogen-bond acceptors (Lipinski definition) is 3. The van der Waals surface area contributed by atoms with Gasteiger partial charge in [0, 0.05) is 17.8 Å². The van der Waals surface area contributed by atoms with E-state index in [0.717, 1.165) is 51.6 Å². The van der Waals surface area contributed by atoms with Crippen LogP contribution in [-0.2, 0) is 17.8 Å². The lowest BCUT2D eigenvalue weighted by molar-refractivity contribution is -0.906. The van der Waals surface area contributed by atoms with Crippen molar-refractivity contribution in [3.63, 3.8) is 0 Å². The molecule has 0 saturated carbocycles. The van der Waals surface area contributed by atoms with Crippen LogP contribution in [0.1, 0.15) is 22.5 Å². The molecule has 0 atom stereocenters. The Hall–Kier alpha value is -1.96. The maximum atomic E-state index is 5.43. The smallest absolute Gasteiger partial charge is 0.166 e. The fourth-order valence-corrected chi connectivity index (χ4v) is 3.57. The van der Waals surface area contributed by atoms with Crippen LogP contribution in [0, 0.1) is 13.8 Å². The number of nitrogens with zero attached hydrogens (tertiary/aromatic N) is 2. The molecule has 2 heterocycles. The van der Waals surface area contributed by atoms with Gasteiger partial charge in [0.15, 0.2) is 5.11 Å². The van der Waals surface area contributed by atoms with Crippen LogP contribution in [0.25, 0.3) is 0 Å². The summed E-state index contributed by atoms with van der Waals surface area (Å²) >= 11 is 5.43. The fraction of sp³-hybridized carbons (Fsp3) is 0.500. The zero-order chi connectivity index (χ0) is 19.1. The van der Waals surface area contributed by atoms with E-state index in [4.69, 9.17) is 22.1 Å². The first-order valence-corrected chi connectivity index (χ1v) is 10.0. The zero-order valence-electron chi connectivity index (χ0n) is 16.3. The van der Waals surface area contributed by atoms with E-state index in [1.165, 1.54) is 16.8 Å². The molecule has 1 aliphatic rings. The van der Waals surface area contributed by atoms with Crippen LogP contribution in [0.15, 0.2) is 30.3 Å². The Kier molecular flexibility index (Phi) is 7.20. The van der Waals surface area contributed by atoms with E-state index in [2.05, 4.69) is 53.4 Å². The highest BCUT2D eigenvalue weighted by Gasteiger charge is 2.14. The summed E-state index contributed by atoms with van der Waals surface area (Å²) in [6, 6.07) is 10.4. The molecule has 0 aliphatic carbocycles. The Bertz CT molecular complexity index is 740. The highest BCUT2D eigenvalue weighted by atomic mass is 32.1. The molecule has 3 rings (SSSR count). The summed E-state index contributed by atoms with van der Waals surface area (Å²) < 4.78 is 7.46. The predicted octanol–water partition coefficient (Wildman–Crippen LogP) is 0.427. The first-order valence-electron chi connectivity index (χ1n) is 9.63. The molecule has 1 aromatic carbocycles. The number of rotatable bonds is 7. The quantitative estimate of drug-likeness (QED) is 0.601. The van der Waals surface area contributed by atoms with E-state index in [1.54, 1.807) is 4.90 Å². The summed E-state index contributed by atoms with van der Waals surface area (Å²) in [7, 11) is 0. The maximum Gasteiger partial charge on any atom is 0.166 e. The normalized spacial score (nSPS) is 14.9. The third kappa shape index (κ3) is 5.76. The molecule has 1 saturated heterocycles. The lowest BCUT2D eigenvalue weighted by Crippen LogP contribution is -3.14. The van der Waals surface area contributed by atoms with Gasteiger partial charge in [-0.3, -0.25) is 4.68 Å². The topological polar surface area (TPSA) is 55.5 Å². The molecule has 1 aliphatic heterocycles. The van der Waals surface area contributed by atoms with Crippen LogP contribution < -0.4 is 15.5 Å². The average Bonchev–Trinajstić information content (AvgIpc) is 2.95. The molecular weight excluding hydrogens is 358 g/mol. The van der Waals surface area contributed by atoms with Gasteiger partial charge in [-0.05, 0) is 31.6 Å². The number of quaternary nitrogens is 1. The highest BCUT2D eigenvalue weighted by Crippen LogP contribution is 2.14. The first kappa shape index (κ1) is 19.8. The van der Waals surface area contributed by atoms with Gasteiger partial charge in [0.2, 0.25) is 0 Å². The maximum absolute atomic E-state index is 5.43. The SMILES string of the molecule is Cc1nn(Cc2ccccc2)c(C)c1CNC(=S)NCC[NH+]1CCOCC1. The summed E-state index contributed by atoms with van der Waals surface area (Å²) in [5.41, 5.74) is 4.71. The monoisotopic (exact) mass is 388 g/mol. The minimum Gasteiger partial charge on any atom is -0.370 e. The standard InChI is InChI=1S/C20H29N5OS/c1-16-19(17(2)25(23-16)15-18-6-4-3-5-7-18)14-22-20(27)21-8-9-24-10-12-26-13-11-24/h3-7H,8-15H2,1-2H3,(H2,21,22,27)/p+1. The largest absolute Gasteiger partial charge is 0.370 e. The second-order valence-electron chi connectivity index (χ2n) is 7.01. The number of benzene rings is 1. The first-order chi connectivity index (χ1) is 13.1. The van der Waals surface area contributed by atoms with Crippen molar-refractivity contribution >= 4 is 17.3 Å². The van der Waals surface area contributed by atoms with Crippen LogP contribution in [0.5, 0.6) is 0 Å². The Morgan fingerprint density at radius 2 is 1.93 bits per heavy atom. The number of aryl methyl sites for hydroxylation is 1. The number of aromatic nitrogens is 2. The van der Waals surface area contributed by atoms with Gasteiger partial charge in [0.05, 0.1) is 38.5 Å². The molecule has 1 fully saturated rings. The molecule has 0 radical (unpaired) electrons. The summed E-state index contributed by atoms with van der Waals surface area (Å²) in [5.74, 6) is 0. The molecule has 0 spiro atoms. The van der Waals surface area contributed by atoms with Gasteiger partial charge in [0.1, 0.15) is 13.1 Å². The third-order valence-electron chi connectivity index (χ3n) is 5.10. The van der Waals surface area contributed by atoms with Gasteiger partial charge in [-0.1, -0.05) is 30.3 Å². The average molecular weight is 389 g/mol. The Balaban J connectivity index is 1.46. The lowest BCUT2D eigenvalue weighted by Gasteiger charge is -2.24. The molecule has 7 heteroatoms. The summed E-state index contributed by atoms with van der Waals surface area (Å²) in [4.78, 5) is 1.57. The predicted molar refractivity (Wildman–Crippen MR) is 111 cm³/mol. The van der Waals surface area contributed by atoms with E-state index in [9.17, 15) is 0 Å². The van der Waals surface area contributed by atoms with Crippen molar-refractivity contribution in [3.05, 3.63) is 52.8 Å². The summed E-state index contributed by atoms with van der Waals surface area (Å²) in [6.45, 7) is 11.5. The molecule has 0 bridgehead atoms. The van der Waals surface area contributed by atoms with Crippen molar-refractivity contribution in [2.24, 2.45) is 0 Å². The van der Waals surface area contributed by atoms with Gasteiger partial charge in [0.25, 0.3) is 0 Å². The minimum absolute atomic E-state index is 0.697. The molecule has 27 heavy (non-hydrogen) atoms. The summed E-state index contributed by atoms with van der Waals surface area (Å²) in [6.07, 6.45) is 0. The van der Waals surface area contributed by atoms with E-state index < -0.39 is 0 Å². The zero-order valence-corrected chi connectivity index (χ0v) is 17.1. The van der Waals surface area contributed by atoms with Gasteiger partial charge in [-0.2, -0.15) is 5.10 Å². The Morgan fingerprint density at radius 1 is 1.19 bits per heavy atom. The molecule has 6 nitrogen and oxygen atoms in total. The summed E-state index contributed by atoms with van der Waals surface area (Å²) in [5, 5.41) is 12.1. The minimum atomic E-state index is 0.697. The van der Waals surface area contributed by atoms with Crippen molar-refractivity contribution < 1.29 is 9.64 Å². The van der Waals surface area contributed by atoms with Crippen LogP contribution in [-0.4, -0.2) is 54.3 Å². The number of ether oxygens (including phenoxy) is 1. The van der Waals surface area contributed by atoms with Crippen LogP contribution in [0.4, 0.5) is 0 Å². The molecule has 146 valence electrons. The number of nitrogens with one attached hydrogen (secondary N) is 3. The van der Waals surface area contributed by atoms with Gasteiger partial charge in [-0.15, -0.1) is 0 Å². The lowest BCUT2D eigenvalue weighted by atomic mass is 10.2. The van der Waals surface area contributed by atoms with Crippen molar-refractivity contribution in [1.82, 2.24) is 20.4 Å². The van der Waals surface area contributed by atoms with Crippen molar-refractivity contribution in [3.8, 4) is 0 Å². The Labute approximate surface area is 166 Å². The fourth-order valence-electron chi connectivity index (χ4n) is 3.39. The molecule has 2 aromatic rings. The number of thiocarbonyl (C=S) groups is 1. The van der Waals surface area contributed by atoms with Gasteiger partial charge >= 0.3 is 0 Å². The van der Waals surface area contributed by atoms with Crippen LogP contribution in [0.3, 0.4) is 0 Å². The third-order valence-corrected chi connectivity index (χ3v) is 5.38. The highest BCUT2D eigenvalue weighted by molar-refractivity contribution is 7.80. The Morgan fingerprint density at radius 3 is 2.67 bits per heavy atom. The van der Waals surface area contributed by atoms with Gasteiger partial charge < -0.3 is 20.3 Å². The van der Waals surface area contributed by atoms with E-state index in [1.807, 2.05) is 6.07 Å². The number of morpholine rings is 1. The van der Waals surface area contributed by atoms with Crippen molar-refractivity contribution in [1.29, 1.82) is 0 Å². The second-order valence-corrected chi connectivity index (χ2v) is 7.42. The van der Waals surface area contributed by atoms with Crippen LogP contribution >= 0.6 is 12.2 Å². The molecule has 3 N–H and O–H groups in total. The van der Waals surface area contributed by atoms with E-state index in [-0.39, 0.29) is 0 Å². The van der Waals surface area contributed by atoms with Crippen molar-refractivity contribution in [2.75, 3.05) is 39.4 Å². The molecular formula is C20H30N5OS+. The van der Waals surface area contributed by atoms with Gasteiger partial charge in [-0.25, -0.2) is 0 Å². The van der Waals surface area contributed by atoms with E-state index >= 15 is 0 Å². The second kappa shape index (κ2) is 9.82. The molecule has 1 aromatic heterocycles. The van der Waals surface area contributed by atoms with Crippen molar-refractivity contribution in [2.45, 2.75) is 26.9 Å². The number of hydrogen-bond donors (Lipinski definition) is 3. The molecule has 0 unspecified atom stereocenters. The van der Waals surface area contributed by atoms with Crippen LogP contribution in [0.2, 0.25) is 0 Å². The van der Waals surface area contributed by atoms with E-state index in [0.29, 0.717) is 11.7 Å². The molecule has 0 amide bonds.